The summed E-state index contributed by atoms with van der Waals surface area (Å²) in [6.45, 7) is 3.56. The molecule has 2 fully saturated rings. The molecule has 1 N–H and O–H groups in total. The zero-order chi connectivity index (χ0) is 16.0. The van der Waals surface area contributed by atoms with Gasteiger partial charge in [-0.2, -0.15) is 0 Å². The smallest absolute Gasteiger partial charge is 0.253 e. The predicted octanol–water partition coefficient (Wildman–Crippen LogP) is 2.50. The molecule has 5 heteroatoms. The number of likely N-dealkylation sites (tertiary alicyclic amines) is 1. The van der Waals surface area contributed by atoms with E-state index in [9.17, 15) is 9.90 Å². The number of hydrogen-bond acceptors (Lipinski definition) is 4. The molecule has 0 radical (unpaired) electrons. The maximum Gasteiger partial charge on any atom is 0.253 e. The first-order chi connectivity index (χ1) is 11.1. The number of amides is 1. The number of nitrogens with zero attached hydrogens (tertiary/aromatic N) is 1. The summed E-state index contributed by atoms with van der Waals surface area (Å²) in [6.07, 6.45) is 1.97. The van der Waals surface area contributed by atoms with Gasteiger partial charge in [0.25, 0.3) is 5.91 Å². The van der Waals surface area contributed by atoms with Crippen LogP contribution in [0.4, 0.5) is 0 Å². The van der Waals surface area contributed by atoms with Gasteiger partial charge in [0.05, 0.1) is 5.60 Å². The summed E-state index contributed by atoms with van der Waals surface area (Å²) in [5, 5.41) is 11.4. The predicted molar refractivity (Wildman–Crippen MR) is 85.4 cm³/mol. The number of ether oxygens (including phenoxy) is 1. The lowest BCUT2D eigenvalue weighted by Crippen LogP contribution is -2.56. The Hall–Kier alpha value is -1.85. The number of β-amino-alcohol motifs (C(OH)–C–C–N with tert-alkyl or cyclic N) is 1. The number of piperidine rings is 1. The number of aryl methyl sites for hydroxylation is 1. The first-order valence-corrected chi connectivity index (χ1v) is 8.19. The minimum atomic E-state index is -0.609. The van der Waals surface area contributed by atoms with Gasteiger partial charge in [-0.15, -0.1) is 0 Å². The molecule has 4 rings (SSSR count). The highest BCUT2D eigenvalue weighted by Gasteiger charge is 2.46. The molecule has 5 nitrogen and oxygen atoms in total. The summed E-state index contributed by atoms with van der Waals surface area (Å²) in [7, 11) is 0. The Kier molecular flexibility index (Phi) is 3.43. The quantitative estimate of drug-likeness (QED) is 0.878. The van der Waals surface area contributed by atoms with E-state index in [-0.39, 0.29) is 5.91 Å². The second-order valence-electron chi connectivity index (χ2n) is 6.64. The summed E-state index contributed by atoms with van der Waals surface area (Å²) in [5.74, 6) is 0.788. The van der Waals surface area contributed by atoms with Crippen molar-refractivity contribution >= 4 is 16.9 Å². The van der Waals surface area contributed by atoms with Gasteiger partial charge in [0.15, 0.2) is 0 Å². The van der Waals surface area contributed by atoms with Gasteiger partial charge in [-0.3, -0.25) is 4.79 Å². The van der Waals surface area contributed by atoms with Crippen LogP contribution in [0.15, 0.2) is 28.7 Å². The SMILES string of the molecule is Cc1cc2cc(C(=O)N3CC[C@@]4(CCCO4)[C@@H](O)C3)ccc2o1. The molecule has 0 bridgehead atoms. The summed E-state index contributed by atoms with van der Waals surface area (Å²) in [5.41, 5.74) is 0.993. The Morgan fingerprint density at radius 3 is 2.96 bits per heavy atom. The fraction of sp³-hybridized carbons (Fsp3) is 0.500. The fourth-order valence-corrected chi connectivity index (χ4v) is 3.81. The van der Waals surface area contributed by atoms with E-state index in [0.29, 0.717) is 31.7 Å². The van der Waals surface area contributed by atoms with Crippen LogP contribution in [0.5, 0.6) is 0 Å². The lowest BCUT2D eigenvalue weighted by atomic mass is 9.86. The standard InChI is InChI=1S/C18H21NO4/c1-12-9-14-10-13(3-4-15(14)23-12)17(21)19-7-6-18(16(20)11-19)5-2-8-22-18/h3-4,9-10,16,20H,2,5-8,11H2,1H3/t16-,18-/m0/s1. The van der Waals surface area contributed by atoms with E-state index in [4.69, 9.17) is 9.15 Å². The minimum absolute atomic E-state index is 0.0438. The third-order valence-electron chi connectivity index (χ3n) is 5.11. The van der Waals surface area contributed by atoms with E-state index >= 15 is 0 Å². The molecule has 2 aliphatic rings. The minimum Gasteiger partial charge on any atom is -0.461 e. The first kappa shape index (κ1) is 14.7. The Morgan fingerprint density at radius 2 is 2.22 bits per heavy atom. The molecule has 122 valence electrons. The van der Waals surface area contributed by atoms with Crippen LogP contribution >= 0.6 is 0 Å². The van der Waals surface area contributed by atoms with Crippen molar-refractivity contribution in [2.75, 3.05) is 19.7 Å². The fourth-order valence-electron chi connectivity index (χ4n) is 3.81. The molecule has 1 amide bonds. The van der Waals surface area contributed by atoms with Crippen LogP contribution in [0.25, 0.3) is 11.0 Å². The summed E-state index contributed by atoms with van der Waals surface area (Å²) < 4.78 is 11.3. The van der Waals surface area contributed by atoms with Gasteiger partial charge < -0.3 is 19.2 Å². The lowest BCUT2D eigenvalue weighted by molar-refractivity contribution is -0.122. The number of hydrogen-bond donors (Lipinski definition) is 1. The maximum absolute atomic E-state index is 12.7. The third kappa shape index (κ3) is 2.44. The van der Waals surface area contributed by atoms with Crippen LogP contribution < -0.4 is 0 Å². The van der Waals surface area contributed by atoms with Gasteiger partial charge in [-0.05, 0) is 50.5 Å². The van der Waals surface area contributed by atoms with Crippen molar-refractivity contribution < 1.29 is 19.1 Å². The van der Waals surface area contributed by atoms with Crippen molar-refractivity contribution in [2.45, 2.75) is 37.9 Å². The van der Waals surface area contributed by atoms with E-state index in [0.717, 1.165) is 29.6 Å². The second kappa shape index (κ2) is 5.35. The Labute approximate surface area is 134 Å². The molecule has 2 aliphatic heterocycles. The van der Waals surface area contributed by atoms with Gasteiger partial charge in [0, 0.05) is 30.6 Å². The topological polar surface area (TPSA) is 62.9 Å². The van der Waals surface area contributed by atoms with Crippen LogP contribution in [-0.4, -0.2) is 47.3 Å². The van der Waals surface area contributed by atoms with E-state index in [1.54, 1.807) is 11.0 Å². The van der Waals surface area contributed by atoms with Gasteiger partial charge in [0.1, 0.15) is 17.4 Å². The Bertz CT molecular complexity index is 745. The average Bonchev–Trinajstić information content (AvgIpc) is 3.15. The monoisotopic (exact) mass is 315 g/mol. The molecule has 0 aliphatic carbocycles. The highest BCUT2D eigenvalue weighted by molar-refractivity contribution is 5.98. The van der Waals surface area contributed by atoms with Crippen LogP contribution in [0.2, 0.25) is 0 Å². The zero-order valence-corrected chi connectivity index (χ0v) is 13.2. The second-order valence-corrected chi connectivity index (χ2v) is 6.64. The zero-order valence-electron chi connectivity index (χ0n) is 13.2. The third-order valence-corrected chi connectivity index (χ3v) is 5.11. The van der Waals surface area contributed by atoms with Crippen LogP contribution in [0.3, 0.4) is 0 Å². The molecule has 3 heterocycles. The lowest BCUT2D eigenvalue weighted by Gasteiger charge is -2.42. The number of carbonyl (C=O) groups excluding carboxylic acids is 1. The number of fused-ring (bicyclic) bond motifs is 1. The van der Waals surface area contributed by atoms with Crippen molar-refractivity contribution in [1.29, 1.82) is 0 Å². The van der Waals surface area contributed by atoms with Crippen molar-refractivity contribution in [2.24, 2.45) is 0 Å². The molecule has 1 aromatic carbocycles. The van der Waals surface area contributed by atoms with E-state index < -0.39 is 11.7 Å². The van der Waals surface area contributed by atoms with Gasteiger partial charge in [-0.25, -0.2) is 0 Å². The van der Waals surface area contributed by atoms with Gasteiger partial charge in [-0.1, -0.05) is 0 Å². The molecule has 2 atom stereocenters. The Morgan fingerprint density at radius 1 is 1.35 bits per heavy atom. The molecule has 1 aromatic heterocycles. The molecular weight excluding hydrogens is 294 g/mol. The number of rotatable bonds is 1. The molecule has 0 saturated carbocycles. The summed E-state index contributed by atoms with van der Waals surface area (Å²) in [6, 6.07) is 7.41. The molecule has 2 aromatic rings. The van der Waals surface area contributed by atoms with Crippen LogP contribution in [0.1, 0.15) is 35.4 Å². The van der Waals surface area contributed by atoms with Crippen LogP contribution in [-0.2, 0) is 4.74 Å². The number of furan rings is 1. The first-order valence-electron chi connectivity index (χ1n) is 8.19. The molecule has 1 spiro atoms. The number of carbonyl (C=O) groups is 1. The van der Waals surface area contributed by atoms with Crippen molar-refractivity contribution in [3.63, 3.8) is 0 Å². The van der Waals surface area contributed by atoms with E-state index in [1.807, 2.05) is 25.1 Å². The maximum atomic E-state index is 12.7. The van der Waals surface area contributed by atoms with E-state index in [1.165, 1.54) is 0 Å². The molecule has 2 saturated heterocycles. The highest BCUT2D eigenvalue weighted by atomic mass is 16.5. The number of aliphatic hydroxyl groups is 1. The molecule has 23 heavy (non-hydrogen) atoms. The normalized spacial score (nSPS) is 27.9. The average molecular weight is 315 g/mol. The van der Waals surface area contributed by atoms with Crippen molar-refractivity contribution in [3.8, 4) is 0 Å². The summed E-state index contributed by atoms with van der Waals surface area (Å²) >= 11 is 0. The van der Waals surface area contributed by atoms with Crippen LogP contribution in [0, 0.1) is 6.92 Å². The number of aliphatic hydroxyl groups excluding tert-OH is 1. The van der Waals surface area contributed by atoms with Gasteiger partial charge in [0.2, 0.25) is 0 Å². The van der Waals surface area contributed by atoms with Crippen molar-refractivity contribution in [1.82, 2.24) is 4.90 Å². The molecule has 0 unspecified atom stereocenters. The summed E-state index contributed by atoms with van der Waals surface area (Å²) in [4.78, 5) is 14.5. The number of benzene rings is 1. The Balaban J connectivity index is 1.54. The van der Waals surface area contributed by atoms with Gasteiger partial charge >= 0.3 is 0 Å². The molecular formula is C18H21NO4. The van der Waals surface area contributed by atoms with E-state index in [2.05, 4.69) is 0 Å². The highest BCUT2D eigenvalue weighted by Crippen LogP contribution is 2.36. The largest absolute Gasteiger partial charge is 0.461 e. The van der Waals surface area contributed by atoms with Crippen molar-refractivity contribution in [3.05, 3.63) is 35.6 Å².